The number of rotatable bonds is 14. The molecule has 0 aromatic heterocycles. The van der Waals surface area contributed by atoms with E-state index in [1.807, 2.05) is 0 Å². The van der Waals surface area contributed by atoms with Gasteiger partial charge in [0.15, 0.2) is 0 Å². The molecule has 0 heterocycles. The molecule has 0 spiro atoms. The topological polar surface area (TPSA) is 63.6 Å². The van der Waals surface area contributed by atoms with Crippen LogP contribution in [0.1, 0.15) is 77.6 Å². The van der Waals surface area contributed by atoms with Gasteiger partial charge in [0.2, 0.25) is 0 Å². The van der Waals surface area contributed by atoms with Crippen molar-refractivity contribution in [2.75, 3.05) is 6.61 Å². The van der Waals surface area contributed by atoms with Gasteiger partial charge >= 0.3 is 11.9 Å². The molecule has 0 aliphatic carbocycles. The van der Waals surface area contributed by atoms with Crippen LogP contribution in [-0.2, 0) is 14.3 Å². The summed E-state index contributed by atoms with van der Waals surface area (Å²) < 4.78 is 5.00. The van der Waals surface area contributed by atoms with Crippen LogP contribution in [0.2, 0.25) is 0 Å². The Hall–Kier alpha value is -0.710. The summed E-state index contributed by atoms with van der Waals surface area (Å²) in [5.74, 6) is -1.57. The normalized spacial score (nSPS) is 12.1. The molecule has 0 aliphatic heterocycles. The van der Waals surface area contributed by atoms with Gasteiger partial charge in [-0.05, 0) is 6.42 Å². The summed E-state index contributed by atoms with van der Waals surface area (Å²) in [6, 6.07) is 0. The van der Waals surface area contributed by atoms with Gasteiger partial charge in [-0.3, -0.25) is 9.59 Å². The Morgan fingerprint density at radius 3 is 1.90 bits per heavy atom. The molecule has 0 saturated carbocycles. The van der Waals surface area contributed by atoms with Crippen LogP contribution < -0.4 is 0 Å². The van der Waals surface area contributed by atoms with E-state index in [2.05, 4.69) is 19.6 Å². The van der Waals surface area contributed by atoms with E-state index in [4.69, 9.17) is 9.84 Å². The number of hydrogen-bond acceptors (Lipinski definition) is 4. The van der Waals surface area contributed by atoms with Crippen molar-refractivity contribution in [3.63, 3.8) is 0 Å². The van der Waals surface area contributed by atoms with E-state index < -0.39 is 17.2 Å². The molecule has 1 atom stereocenters. The summed E-state index contributed by atoms with van der Waals surface area (Å²) in [6.45, 7) is 2.59. The summed E-state index contributed by atoms with van der Waals surface area (Å²) in [4.78, 5) is 21.8. The highest BCUT2D eigenvalue weighted by Gasteiger charge is 2.18. The second-order valence-electron chi connectivity index (χ2n) is 5.46. The smallest absolute Gasteiger partial charge is 0.319 e. The van der Waals surface area contributed by atoms with Crippen molar-refractivity contribution in [2.24, 2.45) is 0 Å². The molecule has 1 unspecified atom stereocenters. The monoisotopic (exact) mass is 318 g/mol. The quantitative estimate of drug-likeness (QED) is 0.286. The molecular formula is C16H30O4S. The number of unbranched alkanes of at least 4 members (excludes halogenated alkanes) is 9. The van der Waals surface area contributed by atoms with Gasteiger partial charge in [0.25, 0.3) is 0 Å². The zero-order valence-corrected chi connectivity index (χ0v) is 14.1. The Morgan fingerprint density at radius 2 is 1.43 bits per heavy atom. The molecule has 0 aliphatic rings. The summed E-state index contributed by atoms with van der Waals surface area (Å²) >= 11 is 3.92. The fourth-order valence-electron chi connectivity index (χ4n) is 2.11. The van der Waals surface area contributed by atoms with Crippen molar-refractivity contribution in [3.05, 3.63) is 0 Å². The highest BCUT2D eigenvalue weighted by Crippen LogP contribution is 2.11. The van der Waals surface area contributed by atoms with Crippen molar-refractivity contribution >= 4 is 24.6 Å². The molecule has 5 heteroatoms. The maximum atomic E-state index is 11.4. The third kappa shape index (κ3) is 14.0. The Labute approximate surface area is 134 Å². The maximum Gasteiger partial charge on any atom is 0.319 e. The highest BCUT2D eigenvalue weighted by atomic mass is 32.1. The Balaban J connectivity index is 3.28. The van der Waals surface area contributed by atoms with E-state index in [9.17, 15) is 9.59 Å². The van der Waals surface area contributed by atoms with Gasteiger partial charge in [-0.15, -0.1) is 0 Å². The lowest BCUT2D eigenvalue weighted by Gasteiger charge is -2.08. The number of carbonyl (C=O) groups excluding carboxylic acids is 1. The lowest BCUT2D eigenvalue weighted by atomic mass is 10.1. The number of thiol groups is 1. The van der Waals surface area contributed by atoms with E-state index >= 15 is 0 Å². The van der Waals surface area contributed by atoms with Crippen LogP contribution in [0, 0.1) is 0 Å². The number of hydrogen-bond donors (Lipinski definition) is 2. The average molecular weight is 318 g/mol. The first-order valence-corrected chi connectivity index (χ1v) is 8.66. The van der Waals surface area contributed by atoms with Crippen molar-refractivity contribution in [3.8, 4) is 0 Å². The van der Waals surface area contributed by atoms with Crippen LogP contribution in [0.15, 0.2) is 0 Å². The number of aliphatic carboxylic acids is 1. The Kier molecular flexibility index (Phi) is 13.8. The third-order valence-corrected chi connectivity index (χ3v) is 3.78. The molecule has 1 N–H and O–H groups in total. The predicted octanol–water partition coefficient (Wildman–Crippen LogP) is 4.22. The van der Waals surface area contributed by atoms with Gasteiger partial charge in [-0.2, -0.15) is 12.6 Å². The van der Waals surface area contributed by atoms with Crippen LogP contribution >= 0.6 is 12.6 Å². The zero-order valence-electron chi connectivity index (χ0n) is 13.2. The van der Waals surface area contributed by atoms with Gasteiger partial charge in [-0.1, -0.05) is 64.7 Å². The third-order valence-electron chi connectivity index (χ3n) is 3.38. The number of carboxylic acid groups (broad SMARTS) is 1. The lowest BCUT2D eigenvalue weighted by molar-refractivity contribution is -0.147. The van der Waals surface area contributed by atoms with Crippen molar-refractivity contribution in [1.82, 2.24) is 0 Å². The van der Waals surface area contributed by atoms with Crippen LogP contribution in [0.5, 0.6) is 0 Å². The zero-order chi connectivity index (χ0) is 15.9. The molecule has 0 aromatic rings. The van der Waals surface area contributed by atoms with Crippen molar-refractivity contribution in [1.29, 1.82) is 0 Å². The van der Waals surface area contributed by atoms with E-state index in [0.717, 1.165) is 12.8 Å². The van der Waals surface area contributed by atoms with Crippen LogP contribution in [-0.4, -0.2) is 28.9 Å². The minimum atomic E-state index is -1.04. The molecule has 21 heavy (non-hydrogen) atoms. The van der Waals surface area contributed by atoms with E-state index in [0.29, 0.717) is 6.61 Å². The summed E-state index contributed by atoms with van der Waals surface area (Å²) in [5, 5.41) is 7.68. The molecular weight excluding hydrogens is 288 g/mol. The van der Waals surface area contributed by atoms with Gasteiger partial charge in [0.05, 0.1) is 13.0 Å². The van der Waals surface area contributed by atoms with E-state index in [1.54, 1.807) is 0 Å². The highest BCUT2D eigenvalue weighted by molar-refractivity contribution is 7.81. The van der Waals surface area contributed by atoms with E-state index in [1.165, 1.54) is 51.4 Å². The molecule has 0 aromatic carbocycles. The first-order chi connectivity index (χ1) is 10.1. The van der Waals surface area contributed by atoms with Crippen molar-refractivity contribution in [2.45, 2.75) is 82.8 Å². The van der Waals surface area contributed by atoms with Crippen LogP contribution in [0.3, 0.4) is 0 Å². The van der Waals surface area contributed by atoms with Crippen molar-refractivity contribution < 1.29 is 19.4 Å². The van der Waals surface area contributed by atoms with Crippen LogP contribution in [0.4, 0.5) is 0 Å². The summed E-state index contributed by atoms with van der Waals surface area (Å²) in [5.41, 5.74) is 0. The van der Waals surface area contributed by atoms with Gasteiger partial charge < -0.3 is 9.84 Å². The second kappa shape index (κ2) is 14.2. The van der Waals surface area contributed by atoms with Gasteiger partial charge in [0, 0.05) is 0 Å². The lowest BCUT2D eigenvalue weighted by Crippen LogP contribution is -2.21. The fraction of sp³-hybridized carbons (Fsp3) is 0.875. The predicted molar refractivity (Wildman–Crippen MR) is 87.8 cm³/mol. The Bertz CT molecular complexity index is 281. The summed E-state index contributed by atoms with van der Waals surface area (Å²) in [7, 11) is 0. The summed E-state index contributed by atoms with van der Waals surface area (Å²) in [6.07, 6.45) is 12.0. The molecule has 0 amide bonds. The fourth-order valence-corrected chi connectivity index (χ4v) is 2.34. The van der Waals surface area contributed by atoms with Crippen LogP contribution in [0.25, 0.3) is 0 Å². The molecule has 0 saturated heterocycles. The number of carbonyl (C=O) groups is 2. The Morgan fingerprint density at radius 1 is 0.952 bits per heavy atom. The minimum Gasteiger partial charge on any atom is -0.481 e. The molecule has 0 fully saturated rings. The van der Waals surface area contributed by atoms with Gasteiger partial charge in [0.1, 0.15) is 5.25 Å². The average Bonchev–Trinajstić information content (AvgIpc) is 2.43. The maximum absolute atomic E-state index is 11.4. The standard InChI is InChI=1S/C16H30O4S/c1-2-3-4-5-6-7-8-9-10-11-12-20-16(19)14(21)13-15(17)18/h14,21H,2-13H2,1H3,(H,17,18). The molecule has 4 nitrogen and oxygen atoms in total. The first kappa shape index (κ1) is 20.3. The molecule has 0 rings (SSSR count). The number of carboxylic acids is 1. The number of ether oxygens (including phenoxy) is 1. The van der Waals surface area contributed by atoms with Gasteiger partial charge in [-0.25, -0.2) is 0 Å². The number of esters is 1. The largest absolute Gasteiger partial charge is 0.481 e. The second-order valence-corrected chi connectivity index (χ2v) is 6.09. The molecule has 0 radical (unpaired) electrons. The molecule has 0 bridgehead atoms. The minimum absolute atomic E-state index is 0.292. The van der Waals surface area contributed by atoms with E-state index in [-0.39, 0.29) is 6.42 Å². The first-order valence-electron chi connectivity index (χ1n) is 8.14. The SMILES string of the molecule is CCCCCCCCCCCCOC(=O)C(S)CC(=O)O. The molecule has 124 valence electrons.